The molecule has 0 aromatic carbocycles. The molecular formula is C14H17Cl2F3N4. The first-order chi connectivity index (χ1) is 9.85. The van der Waals surface area contributed by atoms with Gasteiger partial charge in [0, 0.05) is 31.7 Å². The molecule has 128 valence electrons. The van der Waals surface area contributed by atoms with Crippen molar-refractivity contribution in [1.29, 1.82) is 0 Å². The van der Waals surface area contributed by atoms with E-state index in [1.54, 1.807) is 0 Å². The predicted octanol–water partition coefficient (Wildman–Crippen LogP) is -0.376. The van der Waals surface area contributed by atoms with E-state index in [9.17, 15) is 13.2 Å². The minimum Gasteiger partial charge on any atom is -1.00 e. The van der Waals surface area contributed by atoms with Crippen LogP contribution >= 0.6 is 12.4 Å². The number of nitrogens with zero attached hydrogens (tertiary/aromatic N) is 3. The van der Waals surface area contributed by atoms with E-state index in [-0.39, 0.29) is 42.9 Å². The summed E-state index contributed by atoms with van der Waals surface area (Å²) in [6.07, 6.45) is -2.03. The van der Waals surface area contributed by atoms with Crippen LogP contribution in [0.1, 0.15) is 23.5 Å². The number of anilines is 1. The Morgan fingerprint density at radius 1 is 1.26 bits per heavy atom. The molecule has 0 saturated carbocycles. The van der Waals surface area contributed by atoms with Gasteiger partial charge >= 0.3 is 6.18 Å². The summed E-state index contributed by atoms with van der Waals surface area (Å²) in [6, 6.07) is 5.77. The van der Waals surface area contributed by atoms with E-state index in [1.165, 1.54) is 6.20 Å². The lowest BCUT2D eigenvalue weighted by molar-refractivity contribution is -0.694. The molecule has 0 aliphatic rings. The third-order valence-electron chi connectivity index (χ3n) is 3.09. The van der Waals surface area contributed by atoms with Crippen LogP contribution in [-0.2, 0) is 13.0 Å². The highest BCUT2D eigenvalue weighted by molar-refractivity contribution is 5.85. The zero-order chi connectivity index (χ0) is 15.5. The molecule has 0 fully saturated rings. The van der Waals surface area contributed by atoms with Gasteiger partial charge in [-0.1, -0.05) is 6.07 Å². The lowest BCUT2D eigenvalue weighted by atomic mass is 10.2. The van der Waals surface area contributed by atoms with Crippen LogP contribution < -0.4 is 22.7 Å². The van der Waals surface area contributed by atoms with Crippen LogP contribution in [0.4, 0.5) is 19.0 Å². The number of aryl methyl sites for hydroxylation is 2. The van der Waals surface area contributed by atoms with E-state index >= 15 is 0 Å². The summed E-state index contributed by atoms with van der Waals surface area (Å²) in [5.41, 5.74) is 7.54. The Bertz CT molecular complexity index is 636. The molecule has 2 heterocycles. The molecule has 2 aromatic heterocycles. The zero-order valence-electron chi connectivity index (χ0n) is 12.3. The number of rotatable bonds is 4. The highest BCUT2D eigenvalue weighted by atomic mass is 35.5. The minimum atomic E-state index is -4.21. The van der Waals surface area contributed by atoms with Crippen molar-refractivity contribution in [3.05, 3.63) is 47.7 Å². The lowest BCUT2D eigenvalue weighted by Gasteiger charge is -2.07. The maximum Gasteiger partial charge on any atom is 0.389 e. The van der Waals surface area contributed by atoms with Crippen molar-refractivity contribution in [2.24, 2.45) is 0 Å². The van der Waals surface area contributed by atoms with Gasteiger partial charge in [0.15, 0.2) is 18.4 Å². The standard InChI is InChI=1S/C14H16F3N4.2ClH/c1-10-4-2-3-7-21(10)9-11-8-19-12(20-13(11)18)5-6-14(15,16)17;;/h2-4,7-8H,5-6,9H2,1H3,(H2,18,19,20);2*1H/q+1;;/p-1. The summed E-state index contributed by atoms with van der Waals surface area (Å²) in [7, 11) is 0. The fraction of sp³-hybridized carbons (Fsp3) is 0.357. The van der Waals surface area contributed by atoms with E-state index in [1.807, 2.05) is 35.9 Å². The summed E-state index contributed by atoms with van der Waals surface area (Å²) in [5, 5.41) is 0. The molecule has 0 atom stereocenters. The third-order valence-corrected chi connectivity index (χ3v) is 3.09. The highest BCUT2D eigenvalue weighted by Crippen LogP contribution is 2.21. The number of aromatic nitrogens is 3. The van der Waals surface area contributed by atoms with E-state index in [4.69, 9.17) is 5.73 Å². The fourth-order valence-electron chi connectivity index (χ4n) is 1.88. The van der Waals surface area contributed by atoms with Crippen molar-refractivity contribution < 1.29 is 30.1 Å². The summed E-state index contributed by atoms with van der Waals surface area (Å²) in [6.45, 7) is 2.44. The first-order valence-electron chi connectivity index (χ1n) is 6.47. The first-order valence-corrected chi connectivity index (χ1v) is 6.47. The minimum absolute atomic E-state index is 0. The second-order valence-electron chi connectivity index (χ2n) is 4.78. The van der Waals surface area contributed by atoms with Gasteiger partial charge in [0.05, 0.1) is 12.0 Å². The summed E-state index contributed by atoms with van der Waals surface area (Å²) >= 11 is 0. The van der Waals surface area contributed by atoms with E-state index in [0.29, 0.717) is 12.1 Å². The van der Waals surface area contributed by atoms with Crippen molar-refractivity contribution in [2.45, 2.75) is 32.5 Å². The molecule has 9 heteroatoms. The molecule has 2 aromatic rings. The Hall–Kier alpha value is -1.60. The van der Waals surface area contributed by atoms with Gasteiger partial charge < -0.3 is 18.1 Å². The Kier molecular flexibility index (Phi) is 8.26. The van der Waals surface area contributed by atoms with Crippen LogP contribution in [0.15, 0.2) is 30.6 Å². The second-order valence-corrected chi connectivity index (χ2v) is 4.78. The van der Waals surface area contributed by atoms with Crippen LogP contribution in [-0.4, -0.2) is 16.1 Å². The number of hydrogen-bond acceptors (Lipinski definition) is 3. The number of hydrogen-bond donors (Lipinski definition) is 1. The van der Waals surface area contributed by atoms with Gasteiger partial charge in [0.25, 0.3) is 0 Å². The van der Waals surface area contributed by atoms with Gasteiger partial charge in [-0.15, -0.1) is 12.4 Å². The first kappa shape index (κ1) is 21.4. The van der Waals surface area contributed by atoms with E-state index < -0.39 is 12.6 Å². The SMILES string of the molecule is Cc1cccc[n+]1Cc1cnc(CCC(F)(F)F)nc1N.Cl.[Cl-]. The molecule has 23 heavy (non-hydrogen) atoms. The average molecular weight is 369 g/mol. The zero-order valence-corrected chi connectivity index (χ0v) is 13.9. The third kappa shape index (κ3) is 6.58. The number of nitrogens with two attached hydrogens (primary N) is 1. The number of nitrogen functional groups attached to an aromatic ring is 1. The van der Waals surface area contributed by atoms with Gasteiger partial charge in [-0.05, 0) is 0 Å². The highest BCUT2D eigenvalue weighted by Gasteiger charge is 2.27. The Labute approximate surface area is 144 Å². The topological polar surface area (TPSA) is 55.7 Å². The molecule has 0 unspecified atom stereocenters. The van der Waals surface area contributed by atoms with Gasteiger partial charge in [0.1, 0.15) is 11.6 Å². The number of pyridine rings is 1. The molecule has 0 aliphatic heterocycles. The molecule has 4 nitrogen and oxygen atoms in total. The maximum atomic E-state index is 12.2. The lowest BCUT2D eigenvalue weighted by Crippen LogP contribution is -3.00. The number of alkyl halides is 3. The van der Waals surface area contributed by atoms with Crippen LogP contribution in [0, 0.1) is 6.92 Å². The van der Waals surface area contributed by atoms with Crippen molar-refractivity contribution in [2.75, 3.05) is 5.73 Å². The molecule has 0 bridgehead atoms. The van der Waals surface area contributed by atoms with Crippen molar-refractivity contribution in [3.63, 3.8) is 0 Å². The van der Waals surface area contributed by atoms with Crippen LogP contribution in [0.5, 0.6) is 0 Å². The summed E-state index contributed by atoms with van der Waals surface area (Å²) < 4.78 is 38.5. The van der Waals surface area contributed by atoms with Gasteiger partial charge in [-0.2, -0.15) is 17.7 Å². The predicted molar refractivity (Wildman–Crippen MR) is 78.5 cm³/mol. The van der Waals surface area contributed by atoms with Gasteiger partial charge in [0.2, 0.25) is 0 Å². The molecule has 0 amide bonds. The quantitative estimate of drug-likeness (QED) is 0.748. The van der Waals surface area contributed by atoms with Gasteiger partial charge in [-0.3, -0.25) is 0 Å². The second kappa shape index (κ2) is 8.88. The Morgan fingerprint density at radius 2 is 1.96 bits per heavy atom. The van der Waals surface area contributed by atoms with E-state index in [0.717, 1.165) is 5.69 Å². The van der Waals surface area contributed by atoms with Crippen molar-refractivity contribution in [1.82, 2.24) is 9.97 Å². The summed E-state index contributed by atoms with van der Waals surface area (Å²) in [5.74, 6) is 0.335. The Morgan fingerprint density at radius 3 is 2.52 bits per heavy atom. The molecule has 0 radical (unpaired) electrons. The monoisotopic (exact) mass is 368 g/mol. The average Bonchev–Trinajstić information content (AvgIpc) is 2.41. The normalized spacial score (nSPS) is 10.6. The molecule has 2 rings (SSSR count). The fourth-order valence-corrected chi connectivity index (χ4v) is 1.88. The molecule has 0 aliphatic carbocycles. The number of halogens is 5. The molecule has 2 N–H and O–H groups in total. The van der Waals surface area contributed by atoms with E-state index in [2.05, 4.69) is 9.97 Å². The summed E-state index contributed by atoms with van der Waals surface area (Å²) in [4.78, 5) is 7.92. The van der Waals surface area contributed by atoms with Crippen LogP contribution in [0.2, 0.25) is 0 Å². The van der Waals surface area contributed by atoms with Crippen LogP contribution in [0.3, 0.4) is 0 Å². The van der Waals surface area contributed by atoms with Crippen LogP contribution in [0.25, 0.3) is 0 Å². The largest absolute Gasteiger partial charge is 1.00 e. The maximum absolute atomic E-state index is 12.2. The van der Waals surface area contributed by atoms with Gasteiger partial charge in [-0.25, -0.2) is 9.97 Å². The molecule has 0 saturated heterocycles. The van der Waals surface area contributed by atoms with Crippen molar-refractivity contribution in [3.8, 4) is 0 Å². The Balaban J connectivity index is 0.00000242. The molecular weight excluding hydrogens is 352 g/mol. The smallest absolute Gasteiger partial charge is 0.389 e. The molecule has 0 spiro atoms. The van der Waals surface area contributed by atoms with Crippen molar-refractivity contribution >= 4 is 18.2 Å².